The van der Waals surface area contributed by atoms with Crippen molar-refractivity contribution in [2.45, 2.75) is 0 Å². The van der Waals surface area contributed by atoms with Gasteiger partial charge in [0.1, 0.15) is 5.82 Å². The van der Waals surface area contributed by atoms with Crippen LogP contribution in [0.2, 0.25) is 0 Å². The summed E-state index contributed by atoms with van der Waals surface area (Å²) in [6, 6.07) is 5.10. The van der Waals surface area contributed by atoms with Crippen molar-refractivity contribution >= 4 is 22.8 Å². The van der Waals surface area contributed by atoms with E-state index in [1.165, 1.54) is 0 Å². The number of benzene rings is 1. The second-order valence-corrected chi connectivity index (χ2v) is 4.40. The van der Waals surface area contributed by atoms with Crippen LogP contribution in [0.25, 0.3) is 11.0 Å². The molecule has 1 aromatic heterocycles. The number of carbonyl (C=O) groups is 1. The first kappa shape index (κ1) is 11.9. The van der Waals surface area contributed by atoms with Gasteiger partial charge in [-0.05, 0) is 18.2 Å². The minimum absolute atomic E-state index is 0.445. The first-order valence-corrected chi connectivity index (χ1v) is 6.13. The maximum Gasteiger partial charge on any atom is 0.248 e. The molecule has 1 aliphatic rings. The highest BCUT2D eigenvalue weighted by Crippen LogP contribution is 2.17. The SMILES string of the molecule is NC(=O)c1ccc2nc(N3CCOCC3)cnc2c1. The Hall–Kier alpha value is -2.21. The van der Waals surface area contributed by atoms with Gasteiger partial charge in [0.2, 0.25) is 5.91 Å². The quantitative estimate of drug-likeness (QED) is 0.851. The van der Waals surface area contributed by atoms with Crippen molar-refractivity contribution in [1.82, 2.24) is 9.97 Å². The van der Waals surface area contributed by atoms with Crippen molar-refractivity contribution in [2.24, 2.45) is 5.73 Å². The van der Waals surface area contributed by atoms with Crippen LogP contribution >= 0.6 is 0 Å². The molecule has 1 amide bonds. The normalized spacial score (nSPS) is 15.7. The maximum absolute atomic E-state index is 11.1. The highest BCUT2D eigenvalue weighted by atomic mass is 16.5. The van der Waals surface area contributed by atoms with Gasteiger partial charge >= 0.3 is 0 Å². The van der Waals surface area contributed by atoms with E-state index < -0.39 is 5.91 Å². The summed E-state index contributed by atoms with van der Waals surface area (Å²) in [5.74, 6) is 0.378. The van der Waals surface area contributed by atoms with E-state index in [1.54, 1.807) is 24.4 Å². The van der Waals surface area contributed by atoms with Crippen LogP contribution in [0.15, 0.2) is 24.4 Å². The van der Waals surface area contributed by atoms with Crippen LogP contribution in [0.4, 0.5) is 5.82 Å². The lowest BCUT2D eigenvalue weighted by Crippen LogP contribution is -2.36. The molecule has 2 N–H and O–H groups in total. The molecule has 1 fully saturated rings. The standard InChI is InChI=1S/C13H14N4O2/c14-13(18)9-1-2-10-11(7-9)15-8-12(16-10)17-3-5-19-6-4-17/h1-2,7-8H,3-6H2,(H2,14,18). The van der Waals surface area contributed by atoms with Gasteiger partial charge in [0.15, 0.2) is 0 Å². The molecular formula is C13H14N4O2. The molecule has 6 heteroatoms. The molecule has 1 saturated heterocycles. The largest absolute Gasteiger partial charge is 0.378 e. The number of nitrogens with zero attached hydrogens (tertiary/aromatic N) is 3. The van der Waals surface area contributed by atoms with Gasteiger partial charge in [0.25, 0.3) is 0 Å². The van der Waals surface area contributed by atoms with Gasteiger partial charge in [0, 0.05) is 18.7 Å². The third-order valence-electron chi connectivity index (χ3n) is 3.15. The summed E-state index contributed by atoms with van der Waals surface area (Å²) in [5, 5.41) is 0. The summed E-state index contributed by atoms with van der Waals surface area (Å²) in [6.45, 7) is 3.06. The molecule has 2 aromatic rings. The molecule has 0 spiro atoms. The topological polar surface area (TPSA) is 81.3 Å². The molecule has 2 heterocycles. The number of hydrogen-bond acceptors (Lipinski definition) is 5. The molecule has 6 nitrogen and oxygen atoms in total. The van der Waals surface area contributed by atoms with E-state index in [9.17, 15) is 4.79 Å². The molecule has 1 aliphatic heterocycles. The molecule has 1 aromatic carbocycles. The Morgan fingerprint density at radius 2 is 2.05 bits per heavy atom. The highest BCUT2D eigenvalue weighted by Gasteiger charge is 2.13. The summed E-state index contributed by atoms with van der Waals surface area (Å²) >= 11 is 0. The number of carbonyl (C=O) groups excluding carboxylic acids is 1. The molecule has 19 heavy (non-hydrogen) atoms. The number of rotatable bonds is 2. The van der Waals surface area contributed by atoms with Crippen molar-refractivity contribution in [3.63, 3.8) is 0 Å². The van der Waals surface area contributed by atoms with Crippen LogP contribution in [-0.2, 0) is 4.74 Å². The zero-order valence-corrected chi connectivity index (χ0v) is 10.4. The number of aromatic nitrogens is 2. The van der Waals surface area contributed by atoms with Crippen LogP contribution in [0.5, 0.6) is 0 Å². The number of anilines is 1. The molecule has 98 valence electrons. The summed E-state index contributed by atoms with van der Waals surface area (Å²) in [4.78, 5) is 22.1. The lowest BCUT2D eigenvalue weighted by molar-refractivity contribution is 0.100. The highest BCUT2D eigenvalue weighted by molar-refractivity contribution is 5.96. The molecule has 0 bridgehead atoms. The third-order valence-corrected chi connectivity index (χ3v) is 3.15. The van der Waals surface area contributed by atoms with Crippen LogP contribution < -0.4 is 10.6 Å². The van der Waals surface area contributed by atoms with E-state index in [4.69, 9.17) is 10.5 Å². The van der Waals surface area contributed by atoms with Crippen molar-refractivity contribution < 1.29 is 9.53 Å². The Bertz CT molecular complexity index is 623. The molecule has 0 unspecified atom stereocenters. The number of ether oxygens (including phenoxy) is 1. The average molecular weight is 258 g/mol. The number of morpholine rings is 1. The number of nitrogens with two attached hydrogens (primary N) is 1. The number of amides is 1. The fourth-order valence-electron chi connectivity index (χ4n) is 2.10. The Morgan fingerprint density at radius 3 is 2.79 bits per heavy atom. The molecule has 0 atom stereocenters. The van der Waals surface area contributed by atoms with E-state index in [0.29, 0.717) is 24.3 Å². The molecule has 0 radical (unpaired) electrons. The van der Waals surface area contributed by atoms with E-state index in [-0.39, 0.29) is 0 Å². The van der Waals surface area contributed by atoms with Crippen LogP contribution in [-0.4, -0.2) is 42.2 Å². The summed E-state index contributed by atoms with van der Waals surface area (Å²) in [6.07, 6.45) is 1.72. The molecule has 0 saturated carbocycles. The lowest BCUT2D eigenvalue weighted by Gasteiger charge is -2.27. The van der Waals surface area contributed by atoms with Crippen LogP contribution in [0.1, 0.15) is 10.4 Å². The Morgan fingerprint density at radius 1 is 1.26 bits per heavy atom. The number of primary amides is 1. The second kappa shape index (κ2) is 4.81. The predicted octanol–water partition coefficient (Wildman–Crippen LogP) is 0.565. The predicted molar refractivity (Wildman–Crippen MR) is 71.1 cm³/mol. The minimum Gasteiger partial charge on any atom is -0.378 e. The zero-order chi connectivity index (χ0) is 13.2. The van der Waals surface area contributed by atoms with Gasteiger partial charge < -0.3 is 15.4 Å². The van der Waals surface area contributed by atoms with Crippen molar-refractivity contribution in [3.8, 4) is 0 Å². The average Bonchev–Trinajstić information content (AvgIpc) is 2.47. The Balaban J connectivity index is 1.97. The fraction of sp³-hybridized carbons (Fsp3) is 0.308. The fourth-order valence-corrected chi connectivity index (χ4v) is 2.10. The summed E-state index contributed by atoms with van der Waals surface area (Å²) < 4.78 is 5.31. The Kier molecular flexibility index (Phi) is 3.00. The molecular weight excluding hydrogens is 244 g/mol. The van der Waals surface area contributed by atoms with Gasteiger partial charge in [-0.2, -0.15) is 0 Å². The van der Waals surface area contributed by atoms with Crippen LogP contribution in [0.3, 0.4) is 0 Å². The van der Waals surface area contributed by atoms with E-state index >= 15 is 0 Å². The van der Waals surface area contributed by atoms with Gasteiger partial charge in [-0.3, -0.25) is 9.78 Å². The van der Waals surface area contributed by atoms with Crippen molar-refractivity contribution in [1.29, 1.82) is 0 Å². The van der Waals surface area contributed by atoms with Gasteiger partial charge in [-0.25, -0.2) is 4.98 Å². The van der Waals surface area contributed by atoms with E-state index in [1.807, 2.05) is 0 Å². The van der Waals surface area contributed by atoms with Crippen molar-refractivity contribution in [2.75, 3.05) is 31.2 Å². The maximum atomic E-state index is 11.1. The van der Waals surface area contributed by atoms with E-state index in [2.05, 4.69) is 14.9 Å². The first-order valence-electron chi connectivity index (χ1n) is 6.13. The van der Waals surface area contributed by atoms with Gasteiger partial charge in [-0.15, -0.1) is 0 Å². The summed E-state index contributed by atoms with van der Waals surface area (Å²) in [7, 11) is 0. The van der Waals surface area contributed by atoms with Gasteiger partial charge in [0.05, 0.1) is 30.4 Å². The first-order chi connectivity index (χ1) is 9.24. The summed E-state index contributed by atoms with van der Waals surface area (Å²) in [5.41, 5.74) is 7.12. The third kappa shape index (κ3) is 2.34. The second-order valence-electron chi connectivity index (χ2n) is 4.40. The Labute approximate surface area is 110 Å². The van der Waals surface area contributed by atoms with E-state index in [0.717, 1.165) is 24.4 Å². The van der Waals surface area contributed by atoms with Crippen LogP contribution in [0, 0.1) is 0 Å². The number of fused-ring (bicyclic) bond motifs is 1. The number of hydrogen-bond donors (Lipinski definition) is 1. The van der Waals surface area contributed by atoms with Crippen molar-refractivity contribution in [3.05, 3.63) is 30.0 Å². The van der Waals surface area contributed by atoms with Gasteiger partial charge in [-0.1, -0.05) is 0 Å². The molecule has 3 rings (SSSR count). The zero-order valence-electron chi connectivity index (χ0n) is 10.4. The molecule has 0 aliphatic carbocycles. The smallest absolute Gasteiger partial charge is 0.248 e. The lowest BCUT2D eigenvalue weighted by atomic mass is 10.2. The monoisotopic (exact) mass is 258 g/mol. The minimum atomic E-state index is -0.457.